The van der Waals surface area contributed by atoms with Crippen LogP contribution in [0.2, 0.25) is 0 Å². The quantitative estimate of drug-likeness (QED) is 0.867. The fourth-order valence-corrected chi connectivity index (χ4v) is 2.16. The fraction of sp³-hybridized carbons (Fsp3) is 0.167. The molecule has 0 saturated heterocycles. The average molecular weight is 266 g/mol. The van der Waals surface area contributed by atoms with Crippen molar-refractivity contribution in [2.75, 3.05) is 12.4 Å². The van der Waals surface area contributed by atoms with Gasteiger partial charge in [0.15, 0.2) is 5.13 Å². The zero-order valence-corrected chi connectivity index (χ0v) is 10.7. The lowest BCUT2D eigenvalue weighted by Gasteiger charge is -2.05. The van der Waals surface area contributed by atoms with Crippen molar-refractivity contribution < 1.29 is 13.9 Å². The summed E-state index contributed by atoms with van der Waals surface area (Å²) in [7, 11) is 1.32. The molecule has 0 saturated carbocycles. The number of hydrogen-bond acceptors (Lipinski definition) is 5. The summed E-state index contributed by atoms with van der Waals surface area (Å²) in [5.41, 5.74) is 1.52. The summed E-state index contributed by atoms with van der Waals surface area (Å²) in [6.07, 6.45) is 1.44. The molecular formula is C12H11FN2O2S. The summed E-state index contributed by atoms with van der Waals surface area (Å²) in [4.78, 5) is 15.7. The maximum Gasteiger partial charge on any atom is 0.349 e. The molecule has 1 heterocycles. The highest BCUT2D eigenvalue weighted by Gasteiger charge is 2.11. The molecule has 2 aromatic rings. The first-order valence-corrected chi connectivity index (χ1v) is 5.99. The molecule has 0 spiro atoms. The van der Waals surface area contributed by atoms with Crippen molar-refractivity contribution in [1.82, 2.24) is 4.98 Å². The van der Waals surface area contributed by atoms with Gasteiger partial charge in [-0.3, -0.25) is 0 Å². The summed E-state index contributed by atoms with van der Waals surface area (Å²) in [5, 5.41) is 3.59. The Bertz CT molecular complexity index is 583. The van der Waals surface area contributed by atoms with Gasteiger partial charge >= 0.3 is 5.97 Å². The van der Waals surface area contributed by atoms with Crippen LogP contribution in [0.4, 0.5) is 15.2 Å². The summed E-state index contributed by atoms with van der Waals surface area (Å²) in [6.45, 7) is 1.79. The number of aryl methyl sites for hydroxylation is 1. The molecule has 0 atom stereocenters. The van der Waals surface area contributed by atoms with Crippen LogP contribution in [0.3, 0.4) is 0 Å². The van der Waals surface area contributed by atoms with Gasteiger partial charge in [0.05, 0.1) is 13.3 Å². The number of ether oxygens (including phenoxy) is 1. The average Bonchev–Trinajstić information content (AvgIpc) is 2.80. The number of aromatic nitrogens is 1. The van der Waals surface area contributed by atoms with Crippen LogP contribution >= 0.6 is 11.3 Å². The number of anilines is 2. The number of nitrogens with one attached hydrogen (secondary N) is 1. The molecular weight excluding hydrogens is 255 g/mol. The van der Waals surface area contributed by atoms with Crippen molar-refractivity contribution in [3.05, 3.63) is 40.7 Å². The maximum absolute atomic E-state index is 12.9. The third-order valence-electron chi connectivity index (χ3n) is 2.32. The molecule has 2 rings (SSSR count). The van der Waals surface area contributed by atoms with E-state index in [4.69, 9.17) is 0 Å². The minimum Gasteiger partial charge on any atom is -0.465 e. The van der Waals surface area contributed by atoms with Crippen molar-refractivity contribution in [3.63, 3.8) is 0 Å². The Hall–Kier alpha value is -1.95. The van der Waals surface area contributed by atoms with Gasteiger partial charge < -0.3 is 10.1 Å². The van der Waals surface area contributed by atoms with Gasteiger partial charge in [0.1, 0.15) is 10.7 Å². The molecule has 4 nitrogen and oxygen atoms in total. The molecule has 0 amide bonds. The number of halogens is 1. The second kappa shape index (κ2) is 5.14. The molecule has 1 aromatic heterocycles. The van der Waals surface area contributed by atoms with Gasteiger partial charge in [0, 0.05) is 5.69 Å². The SMILES string of the molecule is COC(=O)c1cnc(Nc2ccc(F)cc2C)s1. The molecule has 0 radical (unpaired) electrons. The van der Waals surface area contributed by atoms with Crippen molar-refractivity contribution in [2.24, 2.45) is 0 Å². The molecule has 0 aliphatic heterocycles. The standard InChI is InChI=1S/C12H11FN2O2S/c1-7-5-8(13)3-4-9(7)15-12-14-6-10(18-12)11(16)17-2/h3-6H,1-2H3,(H,14,15). The molecule has 18 heavy (non-hydrogen) atoms. The predicted octanol–water partition coefficient (Wildman–Crippen LogP) is 3.12. The minimum atomic E-state index is -0.420. The van der Waals surface area contributed by atoms with Crippen molar-refractivity contribution in [1.29, 1.82) is 0 Å². The van der Waals surface area contributed by atoms with Gasteiger partial charge in [0.2, 0.25) is 0 Å². The zero-order chi connectivity index (χ0) is 13.1. The van der Waals surface area contributed by atoms with Crippen molar-refractivity contribution in [3.8, 4) is 0 Å². The number of carbonyl (C=O) groups is 1. The Kier molecular flexibility index (Phi) is 3.57. The number of esters is 1. The largest absolute Gasteiger partial charge is 0.465 e. The van der Waals surface area contributed by atoms with Crippen LogP contribution in [0.5, 0.6) is 0 Å². The van der Waals surface area contributed by atoms with E-state index in [9.17, 15) is 9.18 Å². The lowest BCUT2D eigenvalue weighted by Crippen LogP contribution is -1.96. The molecule has 6 heteroatoms. The fourth-order valence-electron chi connectivity index (χ4n) is 1.41. The Morgan fingerprint density at radius 1 is 1.50 bits per heavy atom. The number of hydrogen-bond donors (Lipinski definition) is 1. The molecule has 0 bridgehead atoms. The maximum atomic E-state index is 12.9. The summed E-state index contributed by atoms with van der Waals surface area (Å²) in [5.74, 6) is -0.705. The first kappa shape index (κ1) is 12.5. The van der Waals surface area contributed by atoms with E-state index < -0.39 is 5.97 Å². The van der Waals surface area contributed by atoms with E-state index in [-0.39, 0.29) is 5.82 Å². The van der Waals surface area contributed by atoms with Gasteiger partial charge in [-0.1, -0.05) is 11.3 Å². The number of rotatable bonds is 3. The third-order valence-corrected chi connectivity index (χ3v) is 3.22. The summed E-state index contributed by atoms with van der Waals surface area (Å²) < 4.78 is 17.5. The zero-order valence-electron chi connectivity index (χ0n) is 9.86. The van der Waals surface area contributed by atoms with Gasteiger partial charge in [-0.05, 0) is 30.7 Å². The summed E-state index contributed by atoms with van der Waals surface area (Å²) >= 11 is 1.18. The number of nitrogens with zero attached hydrogens (tertiary/aromatic N) is 1. The number of thiazole rings is 1. The van der Waals surface area contributed by atoms with Crippen LogP contribution in [-0.2, 0) is 4.74 Å². The van der Waals surface area contributed by atoms with Gasteiger partial charge in [-0.2, -0.15) is 0 Å². The Morgan fingerprint density at radius 2 is 2.28 bits per heavy atom. The molecule has 0 aliphatic rings. The monoisotopic (exact) mass is 266 g/mol. The second-order valence-corrected chi connectivity index (χ2v) is 4.64. The van der Waals surface area contributed by atoms with E-state index in [1.54, 1.807) is 13.0 Å². The van der Waals surface area contributed by atoms with Gasteiger partial charge in [0.25, 0.3) is 0 Å². The highest BCUT2D eigenvalue weighted by atomic mass is 32.1. The molecule has 0 aliphatic carbocycles. The first-order valence-electron chi connectivity index (χ1n) is 5.17. The number of methoxy groups -OCH3 is 1. The molecule has 1 aromatic carbocycles. The van der Waals surface area contributed by atoms with Crippen LogP contribution in [0.1, 0.15) is 15.2 Å². The summed E-state index contributed by atoms with van der Waals surface area (Å²) in [6, 6.07) is 4.42. The van der Waals surface area contributed by atoms with E-state index in [0.29, 0.717) is 10.0 Å². The highest BCUT2D eigenvalue weighted by Crippen LogP contribution is 2.25. The highest BCUT2D eigenvalue weighted by molar-refractivity contribution is 7.17. The van der Waals surface area contributed by atoms with Gasteiger partial charge in [-0.25, -0.2) is 14.2 Å². The number of benzene rings is 1. The lowest BCUT2D eigenvalue weighted by atomic mass is 10.2. The topological polar surface area (TPSA) is 51.2 Å². The molecule has 94 valence electrons. The third kappa shape index (κ3) is 2.65. The first-order chi connectivity index (χ1) is 8.60. The normalized spacial score (nSPS) is 10.2. The van der Waals surface area contributed by atoms with E-state index in [0.717, 1.165) is 11.3 Å². The Balaban J connectivity index is 2.18. The van der Waals surface area contributed by atoms with E-state index in [2.05, 4.69) is 15.0 Å². The smallest absolute Gasteiger partial charge is 0.349 e. The van der Waals surface area contributed by atoms with Crippen LogP contribution in [0.25, 0.3) is 0 Å². The molecule has 0 unspecified atom stereocenters. The Morgan fingerprint density at radius 3 is 2.94 bits per heavy atom. The second-order valence-electron chi connectivity index (χ2n) is 3.61. The van der Waals surface area contributed by atoms with E-state index >= 15 is 0 Å². The van der Waals surface area contributed by atoms with Crippen LogP contribution in [0, 0.1) is 12.7 Å². The Labute approximate surface area is 107 Å². The lowest BCUT2D eigenvalue weighted by molar-refractivity contribution is 0.0606. The van der Waals surface area contributed by atoms with E-state index in [1.807, 2.05) is 0 Å². The van der Waals surface area contributed by atoms with Crippen molar-refractivity contribution in [2.45, 2.75) is 6.92 Å². The van der Waals surface area contributed by atoms with Crippen molar-refractivity contribution >= 4 is 28.1 Å². The van der Waals surface area contributed by atoms with E-state index in [1.165, 1.54) is 36.8 Å². The molecule has 0 fully saturated rings. The van der Waals surface area contributed by atoms with Gasteiger partial charge in [-0.15, -0.1) is 0 Å². The van der Waals surface area contributed by atoms with Crippen LogP contribution < -0.4 is 5.32 Å². The molecule has 1 N–H and O–H groups in total. The number of carbonyl (C=O) groups excluding carboxylic acids is 1. The predicted molar refractivity (Wildman–Crippen MR) is 67.9 cm³/mol. The van der Waals surface area contributed by atoms with Crippen LogP contribution in [0.15, 0.2) is 24.4 Å². The van der Waals surface area contributed by atoms with Crippen LogP contribution in [-0.4, -0.2) is 18.1 Å². The minimum absolute atomic E-state index is 0.285.